The van der Waals surface area contributed by atoms with Gasteiger partial charge in [-0.1, -0.05) is 26.0 Å². The molecule has 3 heteroatoms. The van der Waals surface area contributed by atoms with Crippen molar-refractivity contribution < 1.29 is 9.90 Å². The lowest BCUT2D eigenvalue weighted by Crippen LogP contribution is -2.21. The molecule has 1 rings (SSSR count). The molecule has 0 fully saturated rings. The molecule has 0 heterocycles. The summed E-state index contributed by atoms with van der Waals surface area (Å²) in [5, 5.41) is 9.52. The van der Waals surface area contributed by atoms with Gasteiger partial charge in [-0.05, 0) is 25.0 Å². The van der Waals surface area contributed by atoms with Crippen molar-refractivity contribution >= 4 is 12.0 Å². The second-order valence-corrected chi connectivity index (χ2v) is 4.14. The lowest BCUT2D eigenvalue weighted by molar-refractivity contribution is -0.118. The van der Waals surface area contributed by atoms with Crippen molar-refractivity contribution in [2.45, 2.75) is 26.8 Å². The molecule has 3 nitrogen and oxygen atoms in total. The van der Waals surface area contributed by atoms with Gasteiger partial charge in [-0.2, -0.15) is 0 Å². The van der Waals surface area contributed by atoms with E-state index in [-0.39, 0.29) is 23.5 Å². The lowest BCUT2D eigenvalue weighted by Gasteiger charge is -2.12. The van der Waals surface area contributed by atoms with Gasteiger partial charge in [0, 0.05) is 11.8 Å². The van der Waals surface area contributed by atoms with E-state index >= 15 is 0 Å². The highest BCUT2D eigenvalue weighted by molar-refractivity contribution is 5.88. The topological polar surface area (TPSA) is 49.7 Å². The van der Waals surface area contributed by atoms with Crippen LogP contribution in [-0.4, -0.2) is 23.1 Å². The molecule has 0 aliphatic rings. The largest absolute Gasteiger partial charge is 0.507 e. The Bertz CT molecular complexity index is 397. The van der Waals surface area contributed by atoms with Gasteiger partial charge in [0.2, 0.25) is 0 Å². The number of Topliss-reactive ketones (excluding diaryl/α,β-unsaturated/α-hetero) is 1. The molecule has 0 bridgehead atoms. The van der Waals surface area contributed by atoms with Gasteiger partial charge >= 0.3 is 0 Å². The van der Waals surface area contributed by atoms with Crippen LogP contribution < -0.4 is 0 Å². The van der Waals surface area contributed by atoms with Crippen LogP contribution in [0.3, 0.4) is 0 Å². The van der Waals surface area contributed by atoms with E-state index in [1.807, 2.05) is 19.9 Å². The average Bonchev–Trinajstić information content (AvgIpc) is 2.20. The first-order valence-corrected chi connectivity index (χ1v) is 5.34. The first kappa shape index (κ1) is 12.4. The van der Waals surface area contributed by atoms with Crippen molar-refractivity contribution in [3.63, 3.8) is 0 Å². The number of benzene rings is 1. The van der Waals surface area contributed by atoms with Gasteiger partial charge in [-0.3, -0.25) is 9.79 Å². The summed E-state index contributed by atoms with van der Waals surface area (Å²) in [5.74, 6) is 0.388. The number of nitrogens with zero attached hydrogens (tertiary/aromatic N) is 1. The molecule has 0 unspecified atom stereocenters. The van der Waals surface area contributed by atoms with E-state index in [1.165, 1.54) is 6.92 Å². The fourth-order valence-electron chi connectivity index (χ4n) is 1.50. The van der Waals surface area contributed by atoms with Crippen LogP contribution in [0, 0.1) is 5.92 Å². The first-order valence-electron chi connectivity index (χ1n) is 5.34. The van der Waals surface area contributed by atoms with Crippen LogP contribution in [0.2, 0.25) is 0 Å². The smallest absolute Gasteiger partial charge is 0.154 e. The van der Waals surface area contributed by atoms with Crippen LogP contribution in [-0.2, 0) is 4.79 Å². The van der Waals surface area contributed by atoms with Gasteiger partial charge in [0.25, 0.3) is 0 Å². The van der Waals surface area contributed by atoms with E-state index in [9.17, 15) is 9.90 Å². The number of phenolic OH excluding ortho intramolecular Hbond substituents is 1. The van der Waals surface area contributed by atoms with Crippen molar-refractivity contribution in [2.24, 2.45) is 10.9 Å². The molecule has 0 saturated carbocycles. The molecule has 0 radical (unpaired) electrons. The Morgan fingerprint density at radius 3 is 2.50 bits per heavy atom. The molecule has 0 aliphatic heterocycles. The highest BCUT2D eigenvalue weighted by Crippen LogP contribution is 2.14. The van der Waals surface area contributed by atoms with Crippen LogP contribution >= 0.6 is 0 Å². The number of aliphatic imine (C=N–C) groups is 1. The Balaban J connectivity index is 2.87. The molecule has 0 amide bonds. The maximum Gasteiger partial charge on any atom is 0.154 e. The highest BCUT2D eigenvalue weighted by atomic mass is 16.3. The molecule has 0 saturated heterocycles. The number of hydrogen-bond donors (Lipinski definition) is 1. The molecule has 1 N–H and O–H groups in total. The third kappa shape index (κ3) is 3.19. The number of rotatable bonds is 4. The van der Waals surface area contributed by atoms with Gasteiger partial charge in [-0.15, -0.1) is 0 Å². The molecular formula is C13H17NO2. The maximum atomic E-state index is 11.3. The van der Waals surface area contributed by atoms with Crippen LogP contribution in [0.25, 0.3) is 0 Å². The van der Waals surface area contributed by atoms with Gasteiger partial charge < -0.3 is 5.11 Å². The summed E-state index contributed by atoms with van der Waals surface area (Å²) in [6.07, 6.45) is 1.56. The van der Waals surface area contributed by atoms with Crippen molar-refractivity contribution in [3.8, 4) is 5.75 Å². The van der Waals surface area contributed by atoms with Crippen LogP contribution in [0.5, 0.6) is 5.75 Å². The number of carbonyl (C=O) groups excluding carboxylic acids is 1. The number of hydrogen-bond acceptors (Lipinski definition) is 3. The monoisotopic (exact) mass is 219 g/mol. The van der Waals surface area contributed by atoms with E-state index in [4.69, 9.17) is 0 Å². The molecular weight excluding hydrogens is 202 g/mol. The minimum atomic E-state index is -0.334. The average molecular weight is 219 g/mol. The quantitative estimate of drug-likeness (QED) is 0.791. The predicted octanol–water partition coefficient (Wildman–Crippen LogP) is 2.42. The van der Waals surface area contributed by atoms with E-state index in [1.54, 1.807) is 24.4 Å². The fourth-order valence-corrected chi connectivity index (χ4v) is 1.50. The zero-order valence-electron chi connectivity index (χ0n) is 9.84. The summed E-state index contributed by atoms with van der Waals surface area (Å²) in [4.78, 5) is 15.5. The summed E-state index contributed by atoms with van der Waals surface area (Å²) in [6.45, 7) is 5.44. The molecule has 86 valence electrons. The minimum Gasteiger partial charge on any atom is -0.507 e. The zero-order valence-corrected chi connectivity index (χ0v) is 9.84. The van der Waals surface area contributed by atoms with E-state index < -0.39 is 0 Å². The number of para-hydroxylation sites is 1. The number of phenols is 1. The predicted molar refractivity (Wildman–Crippen MR) is 65.0 cm³/mol. The summed E-state index contributed by atoms with van der Waals surface area (Å²) >= 11 is 0. The second-order valence-electron chi connectivity index (χ2n) is 4.14. The van der Waals surface area contributed by atoms with E-state index in [2.05, 4.69) is 4.99 Å². The zero-order chi connectivity index (χ0) is 12.1. The Labute approximate surface area is 95.8 Å². The molecule has 1 aromatic carbocycles. The van der Waals surface area contributed by atoms with Gasteiger partial charge in [-0.25, -0.2) is 0 Å². The highest BCUT2D eigenvalue weighted by Gasteiger charge is 2.15. The van der Waals surface area contributed by atoms with Crippen molar-refractivity contribution in [1.29, 1.82) is 0 Å². The molecule has 1 aromatic rings. The lowest BCUT2D eigenvalue weighted by atomic mass is 10.0. The molecule has 16 heavy (non-hydrogen) atoms. The Hall–Kier alpha value is -1.64. The van der Waals surface area contributed by atoms with Crippen molar-refractivity contribution in [2.75, 3.05) is 0 Å². The Kier molecular flexibility index (Phi) is 4.23. The molecule has 1 atom stereocenters. The third-order valence-corrected chi connectivity index (χ3v) is 2.36. The van der Waals surface area contributed by atoms with Crippen LogP contribution in [0.15, 0.2) is 29.3 Å². The van der Waals surface area contributed by atoms with Gasteiger partial charge in [0.05, 0.1) is 0 Å². The third-order valence-electron chi connectivity index (χ3n) is 2.36. The summed E-state index contributed by atoms with van der Waals surface area (Å²) < 4.78 is 0. The van der Waals surface area contributed by atoms with E-state index in [0.717, 1.165) is 0 Å². The normalized spacial score (nSPS) is 13.2. The number of carbonyl (C=O) groups is 1. The van der Waals surface area contributed by atoms with Crippen LogP contribution in [0.4, 0.5) is 0 Å². The Morgan fingerprint density at radius 2 is 2.00 bits per heavy atom. The van der Waals surface area contributed by atoms with Gasteiger partial charge in [0.15, 0.2) is 5.78 Å². The van der Waals surface area contributed by atoms with Crippen molar-refractivity contribution in [3.05, 3.63) is 29.8 Å². The summed E-state index contributed by atoms with van der Waals surface area (Å²) in [5.41, 5.74) is 0.634. The van der Waals surface area contributed by atoms with Crippen molar-refractivity contribution in [1.82, 2.24) is 0 Å². The molecule has 0 aromatic heterocycles. The minimum absolute atomic E-state index is 0.0432. The van der Waals surface area contributed by atoms with Gasteiger partial charge in [0.1, 0.15) is 11.8 Å². The number of ketones is 1. The molecule has 0 aliphatic carbocycles. The summed E-state index contributed by atoms with van der Waals surface area (Å²) in [7, 11) is 0. The number of aromatic hydroxyl groups is 1. The second kappa shape index (κ2) is 5.45. The Morgan fingerprint density at radius 1 is 1.38 bits per heavy atom. The van der Waals surface area contributed by atoms with E-state index in [0.29, 0.717) is 5.56 Å². The van der Waals surface area contributed by atoms with Crippen LogP contribution in [0.1, 0.15) is 26.3 Å². The summed E-state index contributed by atoms with van der Waals surface area (Å²) in [6, 6.07) is 6.59. The SMILES string of the molecule is CC(=O)[C@@H](N=Cc1ccccc1O)C(C)C. The first-order chi connectivity index (χ1) is 7.52. The molecule has 0 spiro atoms. The standard InChI is InChI=1S/C13H17NO2/c1-9(2)13(10(3)15)14-8-11-6-4-5-7-12(11)16/h4-9,13,16H,1-3H3/t13-/m0/s1. The fraction of sp³-hybridized carbons (Fsp3) is 0.385. The maximum absolute atomic E-state index is 11.3.